The van der Waals surface area contributed by atoms with Crippen LogP contribution in [0, 0.1) is 0 Å². The van der Waals surface area contributed by atoms with Crippen LogP contribution in [0.4, 0.5) is 5.13 Å². The molecule has 1 aliphatic heterocycles. The summed E-state index contributed by atoms with van der Waals surface area (Å²) >= 11 is 1.65. The highest BCUT2D eigenvalue weighted by atomic mass is 32.1. The Morgan fingerprint density at radius 2 is 2.22 bits per heavy atom. The summed E-state index contributed by atoms with van der Waals surface area (Å²) in [6.07, 6.45) is 2.69. The first-order valence-electron chi connectivity index (χ1n) is 6.28. The summed E-state index contributed by atoms with van der Waals surface area (Å²) in [5.41, 5.74) is 2.20. The van der Waals surface area contributed by atoms with Crippen molar-refractivity contribution in [3.8, 4) is 11.3 Å². The van der Waals surface area contributed by atoms with Gasteiger partial charge in [0.2, 0.25) is 0 Å². The molecular formula is C14H16N2OS. The molecule has 1 aliphatic rings. The lowest BCUT2D eigenvalue weighted by atomic mass is 10.2. The van der Waals surface area contributed by atoms with Gasteiger partial charge in [-0.05, 0) is 12.8 Å². The SMILES string of the molecule is c1ccc(-c2csc(NC[C@@H]3CCCO3)n2)cc1. The Bertz CT molecular complexity index is 492. The van der Waals surface area contributed by atoms with Crippen LogP contribution in [-0.2, 0) is 4.74 Å². The zero-order valence-corrected chi connectivity index (χ0v) is 11.0. The molecule has 0 spiro atoms. The molecule has 1 atom stereocenters. The number of thiazole rings is 1. The highest BCUT2D eigenvalue weighted by molar-refractivity contribution is 7.14. The van der Waals surface area contributed by atoms with E-state index in [4.69, 9.17) is 4.74 Å². The van der Waals surface area contributed by atoms with Gasteiger partial charge in [0.05, 0.1) is 11.8 Å². The highest BCUT2D eigenvalue weighted by Crippen LogP contribution is 2.25. The van der Waals surface area contributed by atoms with Crippen LogP contribution in [0.3, 0.4) is 0 Å². The summed E-state index contributed by atoms with van der Waals surface area (Å²) in [7, 11) is 0. The smallest absolute Gasteiger partial charge is 0.183 e. The minimum absolute atomic E-state index is 0.356. The Hall–Kier alpha value is -1.39. The lowest BCUT2D eigenvalue weighted by Crippen LogP contribution is -2.18. The Kier molecular flexibility index (Phi) is 3.57. The van der Waals surface area contributed by atoms with Gasteiger partial charge in [-0.25, -0.2) is 4.98 Å². The highest BCUT2D eigenvalue weighted by Gasteiger charge is 2.15. The van der Waals surface area contributed by atoms with E-state index in [0.717, 1.165) is 30.4 Å². The van der Waals surface area contributed by atoms with E-state index in [0.29, 0.717) is 6.10 Å². The molecule has 1 fully saturated rings. The number of hydrogen-bond donors (Lipinski definition) is 1. The van der Waals surface area contributed by atoms with Crippen molar-refractivity contribution in [2.75, 3.05) is 18.5 Å². The van der Waals surface area contributed by atoms with Crippen LogP contribution in [0.5, 0.6) is 0 Å². The summed E-state index contributed by atoms with van der Waals surface area (Å²) < 4.78 is 5.58. The van der Waals surface area contributed by atoms with Crippen LogP contribution in [-0.4, -0.2) is 24.2 Å². The number of hydrogen-bond acceptors (Lipinski definition) is 4. The topological polar surface area (TPSA) is 34.1 Å². The molecular weight excluding hydrogens is 244 g/mol. The van der Waals surface area contributed by atoms with E-state index in [2.05, 4.69) is 27.8 Å². The maximum Gasteiger partial charge on any atom is 0.183 e. The molecule has 1 aromatic carbocycles. The van der Waals surface area contributed by atoms with Crippen molar-refractivity contribution in [1.82, 2.24) is 4.98 Å². The standard InChI is InChI=1S/C14H16N2OS/c1-2-5-11(6-3-1)13-10-18-14(16-13)15-9-12-7-4-8-17-12/h1-3,5-6,10,12H,4,7-9H2,(H,15,16)/t12-/m0/s1. The second-order valence-corrected chi connectivity index (χ2v) is 5.28. The van der Waals surface area contributed by atoms with Crippen LogP contribution in [0.25, 0.3) is 11.3 Å². The molecule has 18 heavy (non-hydrogen) atoms. The number of rotatable bonds is 4. The van der Waals surface area contributed by atoms with Crippen molar-refractivity contribution < 1.29 is 4.74 Å². The summed E-state index contributed by atoms with van der Waals surface area (Å²) in [4.78, 5) is 4.59. The van der Waals surface area contributed by atoms with Gasteiger partial charge in [0.1, 0.15) is 0 Å². The van der Waals surface area contributed by atoms with Crippen molar-refractivity contribution in [2.45, 2.75) is 18.9 Å². The van der Waals surface area contributed by atoms with E-state index in [1.54, 1.807) is 11.3 Å². The molecule has 4 heteroatoms. The fourth-order valence-corrected chi connectivity index (χ4v) is 2.83. The first kappa shape index (κ1) is 11.7. The Morgan fingerprint density at radius 1 is 1.33 bits per heavy atom. The Balaban J connectivity index is 1.63. The van der Waals surface area contributed by atoms with Gasteiger partial charge in [0, 0.05) is 24.1 Å². The molecule has 3 nitrogen and oxygen atoms in total. The minimum Gasteiger partial charge on any atom is -0.376 e. The molecule has 1 aromatic heterocycles. The van der Waals surface area contributed by atoms with Crippen molar-refractivity contribution in [1.29, 1.82) is 0 Å². The number of nitrogens with zero attached hydrogens (tertiary/aromatic N) is 1. The summed E-state index contributed by atoms with van der Waals surface area (Å²) in [5, 5.41) is 6.43. The zero-order valence-electron chi connectivity index (χ0n) is 10.1. The molecule has 0 saturated carbocycles. The van der Waals surface area contributed by atoms with E-state index in [-0.39, 0.29) is 0 Å². The van der Waals surface area contributed by atoms with Crippen LogP contribution >= 0.6 is 11.3 Å². The Labute approximate surface area is 111 Å². The summed E-state index contributed by atoms with van der Waals surface area (Å²) in [6, 6.07) is 10.3. The predicted molar refractivity (Wildman–Crippen MR) is 75.0 cm³/mol. The quantitative estimate of drug-likeness (QED) is 0.915. The fourth-order valence-electron chi connectivity index (χ4n) is 2.10. The average Bonchev–Trinajstić information content (AvgIpc) is 3.09. The third-order valence-electron chi connectivity index (χ3n) is 3.08. The number of aromatic nitrogens is 1. The molecule has 2 aromatic rings. The average molecular weight is 260 g/mol. The number of nitrogens with one attached hydrogen (secondary N) is 1. The minimum atomic E-state index is 0.356. The van der Waals surface area contributed by atoms with Crippen molar-refractivity contribution in [2.24, 2.45) is 0 Å². The van der Waals surface area contributed by atoms with Gasteiger partial charge in [-0.3, -0.25) is 0 Å². The van der Waals surface area contributed by atoms with Crippen molar-refractivity contribution >= 4 is 16.5 Å². The Morgan fingerprint density at radius 3 is 3.00 bits per heavy atom. The largest absolute Gasteiger partial charge is 0.376 e. The molecule has 0 radical (unpaired) electrons. The van der Waals surface area contributed by atoms with Gasteiger partial charge >= 0.3 is 0 Å². The van der Waals surface area contributed by atoms with Gasteiger partial charge in [0.15, 0.2) is 5.13 Å². The molecule has 0 aliphatic carbocycles. The van der Waals surface area contributed by atoms with E-state index >= 15 is 0 Å². The van der Waals surface area contributed by atoms with Gasteiger partial charge in [-0.1, -0.05) is 30.3 Å². The second kappa shape index (κ2) is 5.50. The van der Waals surface area contributed by atoms with Crippen LogP contribution in [0.1, 0.15) is 12.8 Å². The zero-order chi connectivity index (χ0) is 12.2. The first-order valence-corrected chi connectivity index (χ1v) is 7.16. The fraction of sp³-hybridized carbons (Fsp3) is 0.357. The van der Waals surface area contributed by atoms with E-state index in [9.17, 15) is 0 Å². The van der Waals surface area contributed by atoms with Gasteiger partial charge < -0.3 is 10.1 Å². The molecule has 3 rings (SSSR count). The number of benzene rings is 1. The normalized spacial score (nSPS) is 19.0. The van der Waals surface area contributed by atoms with E-state index < -0.39 is 0 Å². The van der Waals surface area contributed by atoms with Crippen molar-refractivity contribution in [3.05, 3.63) is 35.7 Å². The predicted octanol–water partition coefficient (Wildman–Crippen LogP) is 3.40. The summed E-state index contributed by atoms with van der Waals surface area (Å²) in [5.74, 6) is 0. The first-order chi connectivity index (χ1) is 8.92. The second-order valence-electron chi connectivity index (χ2n) is 4.42. The third kappa shape index (κ3) is 2.71. The van der Waals surface area contributed by atoms with Gasteiger partial charge in [0.25, 0.3) is 0 Å². The molecule has 0 amide bonds. The van der Waals surface area contributed by atoms with Crippen LogP contribution in [0.15, 0.2) is 35.7 Å². The van der Waals surface area contributed by atoms with E-state index in [1.807, 2.05) is 18.2 Å². The number of anilines is 1. The lowest BCUT2D eigenvalue weighted by Gasteiger charge is -2.09. The molecule has 1 saturated heterocycles. The maximum absolute atomic E-state index is 5.58. The molecule has 0 unspecified atom stereocenters. The maximum atomic E-state index is 5.58. The third-order valence-corrected chi connectivity index (χ3v) is 3.88. The molecule has 2 heterocycles. The molecule has 94 valence electrons. The monoisotopic (exact) mass is 260 g/mol. The summed E-state index contributed by atoms with van der Waals surface area (Å²) in [6.45, 7) is 1.77. The molecule has 0 bridgehead atoms. The van der Waals surface area contributed by atoms with Gasteiger partial charge in [-0.2, -0.15) is 0 Å². The number of ether oxygens (including phenoxy) is 1. The van der Waals surface area contributed by atoms with Crippen LogP contribution in [0.2, 0.25) is 0 Å². The van der Waals surface area contributed by atoms with Crippen molar-refractivity contribution in [3.63, 3.8) is 0 Å². The van der Waals surface area contributed by atoms with Gasteiger partial charge in [-0.15, -0.1) is 11.3 Å². The lowest BCUT2D eigenvalue weighted by molar-refractivity contribution is 0.120. The molecule has 1 N–H and O–H groups in total. The van der Waals surface area contributed by atoms with Crippen LogP contribution < -0.4 is 5.32 Å². The van der Waals surface area contributed by atoms with E-state index in [1.165, 1.54) is 12.0 Å².